The van der Waals surface area contributed by atoms with Gasteiger partial charge in [0.1, 0.15) is 0 Å². The standard InChI is InChI=1S/C2H5N.3Bi/c1-2-3;;;/h3H,1-2H2;;;/q-1;;;+1. The van der Waals surface area contributed by atoms with E-state index in [1.807, 2.05) is 0 Å². The third-order valence-corrected chi connectivity index (χ3v) is 1.96. The molecule has 7 radical (unpaired) electrons. The molecule has 6 heavy (non-hydrogen) atoms. The van der Waals surface area contributed by atoms with Gasteiger partial charge in [-0.25, -0.2) is 0 Å². The van der Waals surface area contributed by atoms with Crippen molar-refractivity contribution in [1.29, 1.82) is 0 Å². The SMILES string of the molecule is [Bi].[Bi][CH2]C[NH][Bi]. The molecule has 0 saturated heterocycles. The van der Waals surface area contributed by atoms with Gasteiger partial charge in [0.25, 0.3) is 0 Å². The summed E-state index contributed by atoms with van der Waals surface area (Å²) < 4.78 is 4.53. The summed E-state index contributed by atoms with van der Waals surface area (Å²) in [6.07, 6.45) is 0. The van der Waals surface area contributed by atoms with Crippen molar-refractivity contribution in [2.75, 3.05) is 6.54 Å². The summed E-state index contributed by atoms with van der Waals surface area (Å²) in [5.41, 5.74) is 0. The maximum atomic E-state index is 3.16. The van der Waals surface area contributed by atoms with Crippen LogP contribution in [0.3, 0.4) is 0 Å². The molecule has 0 atom stereocenters. The van der Waals surface area contributed by atoms with Crippen LogP contribution in [-0.4, -0.2) is 82.5 Å². The average Bonchev–Trinajstić information content (AvgIpc) is 1.41. The van der Waals surface area contributed by atoms with Crippen LogP contribution in [-0.2, 0) is 0 Å². The molecular formula is C2H5Bi3N. The Bertz CT molecular complexity index is 16.3. The Morgan fingerprint density at radius 1 is 1.50 bits per heavy atom. The first-order valence-corrected chi connectivity index (χ1v) is 5.59. The Labute approximate surface area is 88.2 Å². The van der Waals surface area contributed by atoms with Gasteiger partial charge in [-0.05, 0) is 0 Å². The fourth-order valence-electron chi connectivity index (χ4n) is 0.0500. The number of hydrogen-bond acceptors (Lipinski definition) is 1. The molecule has 0 spiro atoms. The normalized spacial score (nSPS) is 7.00. The zero-order chi connectivity index (χ0) is 4.12. The molecule has 0 amide bonds. The molecule has 33 valence electrons. The maximum absolute atomic E-state index is 3.16. The summed E-state index contributed by atoms with van der Waals surface area (Å²) in [4.78, 5) is 0. The van der Waals surface area contributed by atoms with Crippen LogP contribution < -0.4 is 3.26 Å². The number of rotatable bonds is 2. The van der Waals surface area contributed by atoms with Gasteiger partial charge in [-0.2, -0.15) is 0 Å². The van der Waals surface area contributed by atoms with Crippen molar-refractivity contribution in [3.05, 3.63) is 0 Å². The third-order valence-electron chi connectivity index (χ3n) is 0.224. The van der Waals surface area contributed by atoms with E-state index in [4.69, 9.17) is 0 Å². The van der Waals surface area contributed by atoms with Crippen molar-refractivity contribution in [2.45, 2.75) is 4.13 Å². The minimum atomic E-state index is 0. The molecule has 0 aromatic rings. The van der Waals surface area contributed by atoms with Crippen molar-refractivity contribution in [1.82, 2.24) is 3.26 Å². The van der Waals surface area contributed by atoms with Gasteiger partial charge in [0.05, 0.1) is 0 Å². The Morgan fingerprint density at radius 3 is 2.00 bits per heavy atom. The molecule has 0 aliphatic carbocycles. The summed E-state index contributed by atoms with van der Waals surface area (Å²) >= 11 is 2.85. The Balaban J connectivity index is 0. The molecule has 0 aliphatic heterocycles. The summed E-state index contributed by atoms with van der Waals surface area (Å²) in [5.74, 6) is 0. The monoisotopic (exact) mass is 670 g/mol. The molecule has 0 unspecified atom stereocenters. The van der Waals surface area contributed by atoms with Gasteiger partial charge in [0.2, 0.25) is 0 Å². The topological polar surface area (TPSA) is 12.0 Å². The van der Waals surface area contributed by atoms with E-state index in [9.17, 15) is 0 Å². The zero-order valence-electron chi connectivity index (χ0n) is 3.26. The molecule has 0 aromatic carbocycles. The second-order valence-electron chi connectivity index (χ2n) is 0.632. The van der Waals surface area contributed by atoms with E-state index in [1.54, 1.807) is 0 Å². The minimum absolute atomic E-state index is 0. The second-order valence-corrected chi connectivity index (χ2v) is 3.60. The molecule has 1 nitrogen and oxygen atoms in total. The molecule has 0 fully saturated rings. The van der Waals surface area contributed by atoms with Gasteiger partial charge in [0.15, 0.2) is 0 Å². The summed E-state index contributed by atoms with van der Waals surface area (Å²) in [5, 5.41) is 0. The zero-order valence-corrected chi connectivity index (χ0v) is 13.7. The van der Waals surface area contributed by atoms with Crippen LogP contribution in [0.4, 0.5) is 0 Å². The van der Waals surface area contributed by atoms with Crippen molar-refractivity contribution < 1.29 is 0 Å². The molecular weight excluding hydrogens is 665 g/mol. The first kappa shape index (κ1) is 11.4. The van der Waals surface area contributed by atoms with E-state index in [0.29, 0.717) is 0 Å². The quantitative estimate of drug-likeness (QED) is 0.368. The Kier molecular flexibility index (Phi) is 20.1. The predicted octanol–water partition coefficient (Wildman–Crippen LogP) is -1.13. The number of hydrogen-bond donors (Lipinski definition) is 1. The summed E-state index contributed by atoms with van der Waals surface area (Å²) in [6.45, 7) is 1.24. The second kappa shape index (κ2) is 10.6. The van der Waals surface area contributed by atoms with E-state index in [1.165, 1.54) is 60.4 Å². The van der Waals surface area contributed by atoms with Crippen molar-refractivity contribution >= 4 is 75.9 Å². The first-order valence-electron chi connectivity index (χ1n) is 1.39. The van der Waals surface area contributed by atoms with Crippen LogP contribution in [0.5, 0.6) is 0 Å². The number of nitrogens with one attached hydrogen (secondary N) is 1. The molecule has 0 aliphatic rings. The Hall–Kier alpha value is 2.61. The van der Waals surface area contributed by atoms with Gasteiger partial charge >= 0.3 is 63.7 Å². The molecule has 0 rings (SSSR count). The molecule has 0 saturated carbocycles. The third kappa shape index (κ3) is 9.79. The van der Waals surface area contributed by atoms with Crippen molar-refractivity contribution in [3.63, 3.8) is 0 Å². The van der Waals surface area contributed by atoms with E-state index in [-0.39, 0.29) is 26.2 Å². The van der Waals surface area contributed by atoms with Crippen LogP contribution in [0.25, 0.3) is 0 Å². The average molecular weight is 670 g/mol. The van der Waals surface area contributed by atoms with E-state index in [0.717, 1.165) is 0 Å². The Morgan fingerprint density at radius 2 is 2.00 bits per heavy atom. The molecule has 0 bridgehead atoms. The van der Waals surface area contributed by atoms with Crippen LogP contribution in [0.2, 0.25) is 4.13 Å². The summed E-state index contributed by atoms with van der Waals surface area (Å²) in [6, 6.07) is 0. The predicted molar refractivity (Wildman–Crippen MR) is 30.1 cm³/mol. The van der Waals surface area contributed by atoms with E-state index < -0.39 is 0 Å². The van der Waals surface area contributed by atoms with E-state index >= 15 is 0 Å². The van der Waals surface area contributed by atoms with Gasteiger partial charge in [-0.1, -0.05) is 0 Å². The molecule has 4 heteroatoms. The van der Waals surface area contributed by atoms with Crippen LogP contribution in [0.1, 0.15) is 0 Å². The molecule has 0 aromatic heterocycles. The van der Waals surface area contributed by atoms with Gasteiger partial charge in [-0.3, -0.25) is 0 Å². The van der Waals surface area contributed by atoms with Crippen LogP contribution in [0, 0.1) is 0 Å². The molecule has 1 N–H and O–H groups in total. The van der Waals surface area contributed by atoms with Gasteiger partial charge < -0.3 is 0 Å². The summed E-state index contributed by atoms with van der Waals surface area (Å²) in [7, 11) is 0. The van der Waals surface area contributed by atoms with Crippen LogP contribution >= 0.6 is 0 Å². The van der Waals surface area contributed by atoms with Crippen molar-refractivity contribution in [2.24, 2.45) is 0 Å². The fraction of sp³-hybridized carbons (Fsp3) is 1.00. The first-order chi connectivity index (χ1) is 2.41. The van der Waals surface area contributed by atoms with Gasteiger partial charge in [0, 0.05) is 26.2 Å². The molecule has 0 heterocycles. The van der Waals surface area contributed by atoms with E-state index in [2.05, 4.69) is 3.26 Å². The van der Waals surface area contributed by atoms with Crippen molar-refractivity contribution in [3.8, 4) is 0 Å². The fourth-order valence-corrected chi connectivity index (χ4v) is 3.85. The van der Waals surface area contributed by atoms with Crippen LogP contribution in [0.15, 0.2) is 0 Å². The van der Waals surface area contributed by atoms with Gasteiger partial charge in [-0.15, -0.1) is 0 Å².